The van der Waals surface area contributed by atoms with E-state index in [1.807, 2.05) is 25.2 Å². The molecular formula is C15H18BrNO. The summed E-state index contributed by atoms with van der Waals surface area (Å²) in [5.41, 5.74) is 2.34. The van der Waals surface area contributed by atoms with Crippen molar-refractivity contribution in [2.75, 3.05) is 7.05 Å². The van der Waals surface area contributed by atoms with Crippen molar-refractivity contribution in [3.8, 4) is 11.3 Å². The highest BCUT2D eigenvalue weighted by molar-refractivity contribution is 9.10. The smallest absolute Gasteiger partial charge is 0.134 e. The molecule has 96 valence electrons. The van der Waals surface area contributed by atoms with Gasteiger partial charge in [-0.2, -0.15) is 0 Å². The summed E-state index contributed by atoms with van der Waals surface area (Å²) in [7, 11) is 1.96. The molecule has 0 aliphatic heterocycles. The summed E-state index contributed by atoms with van der Waals surface area (Å²) in [6, 6.07) is 10.5. The third-order valence-corrected chi connectivity index (χ3v) is 4.12. The van der Waals surface area contributed by atoms with Crippen LogP contribution in [0.4, 0.5) is 0 Å². The first-order valence-electron chi connectivity index (χ1n) is 6.19. The molecule has 1 atom stereocenters. The third kappa shape index (κ3) is 2.52. The molecule has 1 unspecified atom stereocenters. The largest absolute Gasteiger partial charge is 0.459 e. The molecule has 2 nitrogen and oxygen atoms in total. The molecule has 2 rings (SSSR count). The average Bonchev–Trinajstić information content (AvgIpc) is 2.84. The normalized spacial score (nSPS) is 12.7. The molecule has 3 heteroatoms. The molecule has 0 saturated carbocycles. The fourth-order valence-corrected chi connectivity index (χ4v) is 2.47. The minimum Gasteiger partial charge on any atom is -0.459 e. The van der Waals surface area contributed by atoms with Gasteiger partial charge in [-0.25, -0.2) is 0 Å². The fraction of sp³-hybridized carbons (Fsp3) is 0.333. The van der Waals surface area contributed by atoms with Crippen LogP contribution in [0.2, 0.25) is 0 Å². The van der Waals surface area contributed by atoms with E-state index in [9.17, 15) is 0 Å². The molecule has 0 spiro atoms. The SMILES string of the molecule is CCC(NC)c1ccc(-c2cccc(Br)c2C)o1. The summed E-state index contributed by atoms with van der Waals surface area (Å²) in [6.45, 7) is 4.24. The molecule has 0 aliphatic carbocycles. The maximum absolute atomic E-state index is 5.97. The molecule has 0 fully saturated rings. The Balaban J connectivity index is 2.38. The summed E-state index contributed by atoms with van der Waals surface area (Å²) in [5, 5.41) is 3.26. The summed E-state index contributed by atoms with van der Waals surface area (Å²) < 4.78 is 7.08. The van der Waals surface area contributed by atoms with E-state index in [2.05, 4.69) is 47.2 Å². The zero-order valence-corrected chi connectivity index (χ0v) is 12.5. The summed E-state index contributed by atoms with van der Waals surface area (Å²) in [6.07, 6.45) is 1.01. The van der Waals surface area contributed by atoms with Gasteiger partial charge in [0.15, 0.2) is 0 Å². The third-order valence-electron chi connectivity index (χ3n) is 3.26. The van der Waals surface area contributed by atoms with Crippen LogP contribution in [0.25, 0.3) is 11.3 Å². The lowest BCUT2D eigenvalue weighted by atomic mass is 10.1. The Bertz CT molecular complexity index is 529. The average molecular weight is 308 g/mol. The van der Waals surface area contributed by atoms with Crippen molar-refractivity contribution < 1.29 is 4.42 Å². The Morgan fingerprint density at radius 2 is 2.06 bits per heavy atom. The molecule has 18 heavy (non-hydrogen) atoms. The second-order valence-electron chi connectivity index (χ2n) is 4.36. The number of furan rings is 1. The zero-order chi connectivity index (χ0) is 13.1. The first kappa shape index (κ1) is 13.4. The lowest BCUT2D eigenvalue weighted by Crippen LogP contribution is -2.14. The zero-order valence-electron chi connectivity index (χ0n) is 11.0. The van der Waals surface area contributed by atoms with Crippen molar-refractivity contribution in [2.24, 2.45) is 0 Å². The van der Waals surface area contributed by atoms with Crippen LogP contribution in [0.1, 0.15) is 30.7 Å². The van der Waals surface area contributed by atoms with Gasteiger partial charge in [0.25, 0.3) is 0 Å². The summed E-state index contributed by atoms with van der Waals surface area (Å²) in [4.78, 5) is 0. The van der Waals surface area contributed by atoms with Crippen LogP contribution in [0.3, 0.4) is 0 Å². The molecular weight excluding hydrogens is 290 g/mol. The first-order valence-corrected chi connectivity index (χ1v) is 6.99. The van der Waals surface area contributed by atoms with Gasteiger partial charge in [-0.1, -0.05) is 35.0 Å². The van der Waals surface area contributed by atoms with E-state index in [0.29, 0.717) is 0 Å². The standard InChI is InChI=1S/C15H18BrNO/c1-4-13(17-3)15-9-8-14(18-15)11-6-5-7-12(16)10(11)2/h5-9,13,17H,4H2,1-3H3. The van der Waals surface area contributed by atoms with Crippen LogP contribution in [0.5, 0.6) is 0 Å². The van der Waals surface area contributed by atoms with E-state index in [4.69, 9.17) is 4.42 Å². The summed E-state index contributed by atoms with van der Waals surface area (Å²) in [5.74, 6) is 1.92. The lowest BCUT2D eigenvalue weighted by molar-refractivity contribution is 0.431. The number of benzene rings is 1. The van der Waals surface area contributed by atoms with Gasteiger partial charge < -0.3 is 9.73 Å². The Morgan fingerprint density at radius 3 is 2.72 bits per heavy atom. The van der Waals surface area contributed by atoms with Gasteiger partial charge >= 0.3 is 0 Å². The van der Waals surface area contributed by atoms with Crippen molar-refractivity contribution >= 4 is 15.9 Å². The van der Waals surface area contributed by atoms with Crippen LogP contribution < -0.4 is 5.32 Å². The second-order valence-corrected chi connectivity index (χ2v) is 5.22. The van der Waals surface area contributed by atoms with Crippen LogP contribution in [-0.4, -0.2) is 7.05 Å². The number of halogens is 1. The molecule has 0 bridgehead atoms. The highest BCUT2D eigenvalue weighted by atomic mass is 79.9. The van der Waals surface area contributed by atoms with Crippen LogP contribution >= 0.6 is 15.9 Å². The number of hydrogen-bond donors (Lipinski definition) is 1. The molecule has 0 amide bonds. The van der Waals surface area contributed by atoms with E-state index in [1.165, 1.54) is 5.56 Å². The van der Waals surface area contributed by atoms with Gasteiger partial charge in [0.2, 0.25) is 0 Å². The monoisotopic (exact) mass is 307 g/mol. The molecule has 0 saturated heterocycles. The summed E-state index contributed by atoms with van der Waals surface area (Å²) >= 11 is 3.55. The quantitative estimate of drug-likeness (QED) is 0.886. The van der Waals surface area contributed by atoms with Crippen LogP contribution in [-0.2, 0) is 0 Å². The highest BCUT2D eigenvalue weighted by Gasteiger charge is 2.13. The number of hydrogen-bond acceptors (Lipinski definition) is 2. The van der Waals surface area contributed by atoms with Crippen molar-refractivity contribution in [3.63, 3.8) is 0 Å². The van der Waals surface area contributed by atoms with Crippen molar-refractivity contribution in [2.45, 2.75) is 26.3 Å². The van der Waals surface area contributed by atoms with Crippen LogP contribution in [0, 0.1) is 6.92 Å². The predicted molar refractivity (Wildman–Crippen MR) is 78.7 cm³/mol. The van der Waals surface area contributed by atoms with Gasteiger partial charge in [-0.15, -0.1) is 0 Å². The van der Waals surface area contributed by atoms with E-state index in [1.54, 1.807) is 0 Å². The van der Waals surface area contributed by atoms with Gasteiger partial charge in [0.05, 0.1) is 6.04 Å². The first-order chi connectivity index (χ1) is 8.67. The highest BCUT2D eigenvalue weighted by Crippen LogP contribution is 2.31. The molecule has 1 aromatic carbocycles. The lowest BCUT2D eigenvalue weighted by Gasteiger charge is -2.10. The molecule has 2 aromatic rings. The Labute approximate surface area is 117 Å². The Morgan fingerprint density at radius 1 is 1.28 bits per heavy atom. The van der Waals surface area contributed by atoms with E-state index >= 15 is 0 Å². The molecule has 0 aliphatic rings. The van der Waals surface area contributed by atoms with Crippen LogP contribution in [0.15, 0.2) is 39.2 Å². The second kappa shape index (κ2) is 5.72. The molecule has 1 aromatic heterocycles. The van der Waals surface area contributed by atoms with Gasteiger partial charge in [0, 0.05) is 10.0 Å². The van der Waals surface area contributed by atoms with E-state index in [-0.39, 0.29) is 6.04 Å². The topological polar surface area (TPSA) is 25.2 Å². The molecule has 1 heterocycles. The Kier molecular flexibility index (Phi) is 4.25. The van der Waals surface area contributed by atoms with Gasteiger partial charge in [-0.05, 0) is 44.2 Å². The molecule has 0 radical (unpaired) electrons. The predicted octanol–water partition coefficient (Wildman–Crippen LogP) is 4.69. The number of nitrogens with one attached hydrogen (secondary N) is 1. The fourth-order valence-electron chi connectivity index (χ4n) is 2.11. The van der Waals surface area contributed by atoms with Crippen molar-refractivity contribution in [3.05, 3.63) is 46.1 Å². The van der Waals surface area contributed by atoms with Crippen molar-refractivity contribution in [1.82, 2.24) is 5.32 Å². The maximum atomic E-state index is 5.97. The Hall–Kier alpha value is -1.06. The van der Waals surface area contributed by atoms with Gasteiger partial charge in [-0.3, -0.25) is 0 Å². The van der Waals surface area contributed by atoms with Crippen molar-refractivity contribution in [1.29, 1.82) is 0 Å². The van der Waals surface area contributed by atoms with E-state index in [0.717, 1.165) is 28.0 Å². The van der Waals surface area contributed by atoms with E-state index < -0.39 is 0 Å². The minimum atomic E-state index is 0.284. The minimum absolute atomic E-state index is 0.284. The van der Waals surface area contributed by atoms with Gasteiger partial charge in [0.1, 0.15) is 11.5 Å². The molecule has 1 N–H and O–H groups in total. The number of rotatable bonds is 4. The maximum Gasteiger partial charge on any atom is 0.134 e.